The zero-order valence-corrected chi connectivity index (χ0v) is 12.7. The zero-order valence-electron chi connectivity index (χ0n) is 12.7. The van der Waals surface area contributed by atoms with Gasteiger partial charge in [-0.3, -0.25) is 4.79 Å². The number of carboxylic acids is 1. The lowest BCUT2D eigenvalue weighted by Gasteiger charge is -2.22. The maximum atomic E-state index is 12.6. The number of likely N-dealkylation sites (tertiary alicyclic amines) is 1. The maximum absolute atomic E-state index is 12.6. The Kier molecular flexibility index (Phi) is 3.39. The third-order valence-corrected chi connectivity index (χ3v) is 4.92. The zero-order chi connectivity index (χ0) is 16.0. The molecule has 1 N–H and O–H groups in total. The average Bonchev–Trinajstić information content (AvgIpc) is 3.21. The quantitative estimate of drug-likeness (QED) is 0.917. The second kappa shape index (κ2) is 5.44. The van der Waals surface area contributed by atoms with Gasteiger partial charge in [-0.05, 0) is 42.9 Å². The lowest BCUT2D eigenvalue weighted by Crippen LogP contribution is -2.41. The molecule has 2 heterocycles. The molecule has 1 aliphatic carbocycles. The van der Waals surface area contributed by atoms with Crippen LogP contribution in [0.4, 0.5) is 0 Å². The molecule has 23 heavy (non-hydrogen) atoms. The molecule has 6 nitrogen and oxygen atoms in total. The Hall–Kier alpha value is -2.24. The van der Waals surface area contributed by atoms with E-state index in [-0.39, 0.29) is 17.7 Å². The van der Waals surface area contributed by atoms with E-state index in [9.17, 15) is 14.7 Å². The molecule has 0 bridgehead atoms. The highest BCUT2D eigenvalue weighted by Gasteiger charge is 2.48. The van der Waals surface area contributed by atoms with Gasteiger partial charge in [0.1, 0.15) is 19.3 Å². The smallest absolute Gasteiger partial charge is 0.326 e. The van der Waals surface area contributed by atoms with Gasteiger partial charge >= 0.3 is 5.97 Å². The second-order valence-corrected chi connectivity index (χ2v) is 6.38. The molecule has 1 aromatic rings. The standard InChI is InChI=1S/C17H19NO5/c19-16(18-5-1-2-13(18)17(20)21)12-9-11(12)10-3-4-14-15(8-10)23-7-6-22-14/h3-4,8,11-13H,1-2,5-7,9H2,(H,20,21)/t11-,12+,13-/m1/s1. The van der Waals surface area contributed by atoms with Crippen molar-refractivity contribution in [3.8, 4) is 11.5 Å². The molecule has 2 aliphatic heterocycles. The Balaban J connectivity index is 1.47. The third-order valence-electron chi connectivity index (χ3n) is 4.92. The summed E-state index contributed by atoms with van der Waals surface area (Å²) in [5.74, 6) is 0.624. The molecule has 0 radical (unpaired) electrons. The molecule has 1 saturated heterocycles. The third kappa shape index (κ3) is 2.52. The fraction of sp³-hybridized carbons (Fsp3) is 0.529. The molecule has 1 amide bonds. The number of benzene rings is 1. The van der Waals surface area contributed by atoms with Crippen LogP contribution < -0.4 is 9.47 Å². The Bertz CT molecular complexity index is 658. The number of rotatable bonds is 3. The van der Waals surface area contributed by atoms with E-state index in [0.29, 0.717) is 26.2 Å². The largest absolute Gasteiger partial charge is 0.486 e. The van der Waals surface area contributed by atoms with Crippen LogP contribution in [0.25, 0.3) is 0 Å². The Morgan fingerprint density at radius 1 is 1.17 bits per heavy atom. The summed E-state index contributed by atoms with van der Waals surface area (Å²) in [7, 11) is 0. The van der Waals surface area contributed by atoms with Gasteiger partial charge < -0.3 is 19.5 Å². The summed E-state index contributed by atoms with van der Waals surface area (Å²) in [6.45, 7) is 1.65. The number of carboxylic acid groups (broad SMARTS) is 1. The van der Waals surface area contributed by atoms with Crippen molar-refractivity contribution in [3.63, 3.8) is 0 Å². The summed E-state index contributed by atoms with van der Waals surface area (Å²) in [5, 5.41) is 9.23. The van der Waals surface area contributed by atoms with E-state index in [2.05, 4.69) is 0 Å². The van der Waals surface area contributed by atoms with Gasteiger partial charge in [0.2, 0.25) is 5.91 Å². The summed E-state index contributed by atoms with van der Waals surface area (Å²) in [6.07, 6.45) is 2.11. The Morgan fingerprint density at radius 3 is 2.74 bits per heavy atom. The van der Waals surface area contributed by atoms with Crippen molar-refractivity contribution in [1.29, 1.82) is 0 Å². The monoisotopic (exact) mass is 317 g/mol. The Morgan fingerprint density at radius 2 is 1.96 bits per heavy atom. The van der Waals surface area contributed by atoms with Crippen molar-refractivity contribution in [2.24, 2.45) is 5.92 Å². The number of amides is 1. The van der Waals surface area contributed by atoms with Gasteiger partial charge in [0.15, 0.2) is 11.5 Å². The van der Waals surface area contributed by atoms with Gasteiger partial charge in [0.25, 0.3) is 0 Å². The van der Waals surface area contributed by atoms with Gasteiger partial charge in [0.05, 0.1) is 0 Å². The molecule has 0 unspecified atom stereocenters. The van der Waals surface area contributed by atoms with E-state index in [1.54, 1.807) is 4.90 Å². The minimum Gasteiger partial charge on any atom is -0.486 e. The van der Waals surface area contributed by atoms with Crippen LogP contribution in [0.5, 0.6) is 11.5 Å². The fourth-order valence-electron chi connectivity index (χ4n) is 3.63. The molecular weight excluding hydrogens is 298 g/mol. The topological polar surface area (TPSA) is 76.1 Å². The van der Waals surface area contributed by atoms with Crippen LogP contribution in [0.3, 0.4) is 0 Å². The van der Waals surface area contributed by atoms with Crippen molar-refractivity contribution in [2.75, 3.05) is 19.8 Å². The first-order valence-electron chi connectivity index (χ1n) is 8.08. The Labute approximate surface area is 134 Å². The van der Waals surface area contributed by atoms with Crippen molar-refractivity contribution in [1.82, 2.24) is 4.90 Å². The molecule has 2 fully saturated rings. The van der Waals surface area contributed by atoms with E-state index < -0.39 is 12.0 Å². The number of aliphatic carboxylic acids is 1. The van der Waals surface area contributed by atoms with Crippen molar-refractivity contribution < 1.29 is 24.2 Å². The van der Waals surface area contributed by atoms with Gasteiger partial charge in [-0.2, -0.15) is 0 Å². The minimum atomic E-state index is -0.896. The number of hydrogen-bond acceptors (Lipinski definition) is 4. The molecule has 1 saturated carbocycles. The minimum absolute atomic E-state index is 0.0187. The van der Waals surface area contributed by atoms with Gasteiger partial charge in [-0.1, -0.05) is 6.07 Å². The number of ether oxygens (including phenoxy) is 2. The number of hydrogen-bond donors (Lipinski definition) is 1. The summed E-state index contributed by atoms with van der Waals surface area (Å²) in [4.78, 5) is 25.4. The number of carbonyl (C=O) groups is 2. The number of nitrogens with zero attached hydrogens (tertiary/aromatic N) is 1. The van der Waals surface area contributed by atoms with E-state index in [1.165, 1.54) is 0 Å². The summed E-state index contributed by atoms with van der Waals surface area (Å²) < 4.78 is 11.1. The highest BCUT2D eigenvalue weighted by Crippen LogP contribution is 2.50. The predicted octanol–water partition coefficient (Wildman–Crippen LogP) is 1.64. The average molecular weight is 317 g/mol. The van der Waals surface area contributed by atoms with Crippen LogP contribution in [0.1, 0.15) is 30.7 Å². The highest BCUT2D eigenvalue weighted by molar-refractivity contribution is 5.88. The van der Waals surface area contributed by atoms with Crippen LogP contribution >= 0.6 is 0 Å². The van der Waals surface area contributed by atoms with Gasteiger partial charge in [0, 0.05) is 12.5 Å². The fourth-order valence-corrected chi connectivity index (χ4v) is 3.63. The van der Waals surface area contributed by atoms with E-state index in [1.807, 2.05) is 18.2 Å². The molecule has 6 heteroatoms. The molecule has 3 aliphatic rings. The van der Waals surface area contributed by atoms with Crippen molar-refractivity contribution in [3.05, 3.63) is 23.8 Å². The summed E-state index contributed by atoms with van der Waals surface area (Å²) >= 11 is 0. The molecule has 3 atom stereocenters. The first-order valence-corrected chi connectivity index (χ1v) is 8.08. The lowest BCUT2D eigenvalue weighted by atomic mass is 10.1. The van der Waals surface area contributed by atoms with Crippen LogP contribution in [-0.4, -0.2) is 47.7 Å². The van der Waals surface area contributed by atoms with Crippen molar-refractivity contribution in [2.45, 2.75) is 31.2 Å². The van der Waals surface area contributed by atoms with Gasteiger partial charge in [-0.25, -0.2) is 4.79 Å². The first kappa shape index (κ1) is 14.4. The molecule has 1 aromatic carbocycles. The van der Waals surface area contributed by atoms with Crippen LogP contribution in [0, 0.1) is 5.92 Å². The highest BCUT2D eigenvalue weighted by atomic mass is 16.6. The second-order valence-electron chi connectivity index (χ2n) is 6.38. The van der Waals surface area contributed by atoms with Crippen LogP contribution in [-0.2, 0) is 9.59 Å². The SMILES string of the molecule is O=C(O)[C@H]1CCCN1C(=O)[C@H]1C[C@@H]1c1ccc2c(c1)OCCO2. The van der Waals surface area contributed by atoms with E-state index in [4.69, 9.17) is 9.47 Å². The van der Waals surface area contributed by atoms with E-state index >= 15 is 0 Å². The maximum Gasteiger partial charge on any atom is 0.326 e. The molecule has 4 rings (SSSR count). The molecule has 0 aromatic heterocycles. The van der Waals surface area contributed by atoms with Crippen molar-refractivity contribution >= 4 is 11.9 Å². The number of carbonyl (C=O) groups excluding carboxylic acids is 1. The van der Waals surface area contributed by atoms with Gasteiger partial charge in [-0.15, -0.1) is 0 Å². The normalized spacial score (nSPS) is 28.5. The summed E-state index contributed by atoms with van der Waals surface area (Å²) in [6, 6.07) is 5.17. The predicted molar refractivity (Wildman–Crippen MR) is 80.7 cm³/mol. The lowest BCUT2D eigenvalue weighted by molar-refractivity contribution is -0.148. The number of fused-ring (bicyclic) bond motifs is 1. The van der Waals surface area contributed by atoms with E-state index in [0.717, 1.165) is 29.9 Å². The first-order chi connectivity index (χ1) is 11.1. The van der Waals surface area contributed by atoms with Crippen LogP contribution in [0.15, 0.2) is 18.2 Å². The molecular formula is C17H19NO5. The molecule has 122 valence electrons. The summed E-state index contributed by atoms with van der Waals surface area (Å²) in [5.41, 5.74) is 1.07. The molecule has 0 spiro atoms. The van der Waals surface area contributed by atoms with Crippen LogP contribution in [0.2, 0.25) is 0 Å².